The monoisotopic (exact) mass is 547 g/mol. The van der Waals surface area contributed by atoms with Crippen LogP contribution in [0.3, 0.4) is 0 Å². The van der Waals surface area contributed by atoms with E-state index in [4.69, 9.17) is 33.7 Å². The summed E-state index contributed by atoms with van der Waals surface area (Å²) in [6.07, 6.45) is 0.659. The lowest BCUT2D eigenvalue weighted by molar-refractivity contribution is -0.119. The van der Waals surface area contributed by atoms with Crippen molar-refractivity contribution in [3.8, 4) is 0 Å². The van der Waals surface area contributed by atoms with Crippen molar-refractivity contribution < 1.29 is 19.1 Å². The van der Waals surface area contributed by atoms with Crippen LogP contribution in [0.5, 0.6) is 0 Å². The molecule has 0 unspecified atom stereocenters. The normalized spacial score (nSPS) is 15.9. The highest BCUT2D eigenvalue weighted by molar-refractivity contribution is 6.39. The lowest BCUT2D eigenvalue weighted by atomic mass is 10.2. The average Bonchev–Trinajstić information content (AvgIpc) is 3.29. The zero-order valence-corrected chi connectivity index (χ0v) is 22.8. The predicted octanol–water partition coefficient (Wildman–Crippen LogP) is 5.20. The van der Waals surface area contributed by atoms with Crippen molar-refractivity contribution in [3.05, 3.63) is 58.1 Å². The Morgan fingerprint density at radius 1 is 1.16 bits per heavy atom. The highest BCUT2D eigenvalue weighted by Crippen LogP contribution is 2.32. The molecule has 198 valence electrons. The van der Waals surface area contributed by atoms with Crippen LogP contribution in [0, 0.1) is 0 Å². The van der Waals surface area contributed by atoms with Crippen LogP contribution >= 0.6 is 23.2 Å². The molecule has 0 bridgehead atoms. The zero-order chi connectivity index (χ0) is 27.3. The van der Waals surface area contributed by atoms with Gasteiger partial charge in [-0.15, -0.1) is 0 Å². The molecular formula is C26H31Cl2N5O4. The molecule has 1 aliphatic heterocycles. The minimum Gasteiger partial charge on any atom is -0.443 e. The summed E-state index contributed by atoms with van der Waals surface area (Å²) in [6, 6.07) is 12.2. The molecule has 0 spiro atoms. The van der Waals surface area contributed by atoms with Crippen molar-refractivity contribution in [1.82, 2.24) is 4.90 Å². The number of hydrogen-bond acceptors (Lipinski definition) is 5. The molecule has 2 aromatic rings. The van der Waals surface area contributed by atoms with Crippen LogP contribution in [0.15, 0.2) is 47.5 Å². The largest absolute Gasteiger partial charge is 0.443 e. The van der Waals surface area contributed by atoms with Crippen molar-refractivity contribution >= 4 is 58.4 Å². The number of rotatable bonds is 5. The van der Waals surface area contributed by atoms with Crippen LogP contribution in [0.25, 0.3) is 0 Å². The number of ether oxygens (including phenoxy) is 1. The van der Waals surface area contributed by atoms with Gasteiger partial charge in [0.25, 0.3) is 5.91 Å². The number of amides is 3. The van der Waals surface area contributed by atoms with Crippen LogP contribution in [-0.2, 0) is 20.9 Å². The third-order valence-electron chi connectivity index (χ3n) is 5.48. The number of halogens is 2. The molecular weight excluding hydrogens is 517 g/mol. The fourth-order valence-electron chi connectivity index (χ4n) is 3.95. The molecule has 11 heteroatoms. The SMILES string of the molecule is CC(=O)Nc1c(Cl)cc(CN(C(=O)OC(C)(C)C)C(N)=NC(=O)[C@@H]2CCCN2c2ccccc2)cc1Cl. The van der Waals surface area contributed by atoms with Crippen LogP contribution < -0.4 is 16.0 Å². The van der Waals surface area contributed by atoms with Gasteiger partial charge in [0.2, 0.25) is 11.9 Å². The second-order valence-electron chi connectivity index (χ2n) is 9.68. The molecule has 3 rings (SSSR count). The van der Waals surface area contributed by atoms with Crippen molar-refractivity contribution in [1.29, 1.82) is 0 Å². The first-order chi connectivity index (χ1) is 17.4. The van der Waals surface area contributed by atoms with Gasteiger partial charge in [-0.3, -0.25) is 9.59 Å². The van der Waals surface area contributed by atoms with Crippen LogP contribution in [0.2, 0.25) is 10.0 Å². The molecule has 0 aliphatic carbocycles. The Balaban J connectivity index is 1.89. The summed E-state index contributed by atoms with van der Waals surface area (Å²) < 4.78 is 5.51. The highest BCUT2D eigenvalue weighted by atomic mass is 35.5. The molecule has 37 heavy (non-hydrogen) atoms. The van der Waals surface area contributed by atoms with Gasteiger partial charge in [0.1, 0.15) is 11.6 Å². The van der Waals surface area contributed by atoms with Crippen molar-refractivity contribution in [2.75, 3.05) is 16.8 Å². The molecule has 2 aromatic carbocycles. The molecule has 3 N–H and O–H groups in total. The molecule has 0 saturated carbocycles. The topological polar surface area (TPSA) is 117 Å². The molecule has 0 radical (unpaired) electrons. The summed E-state index contributed by atoms with van der Waals surface area (Å²) in [4.78, 5) is 44.9. The molecule has 0 aromatic heterocycles. The van der Waals surface area contributed by atoms with Gasteiger partial charge < -0.3 is 20.7 Å². The van der Waals surface area contributed by atoms with Gasteiger partial charge in [-0.1, -0.05) is 41.4 Å². The number of para-hydroxylation sites is 1. The Kier molecular flexibility index (Phi) is 9.04. The first-order valence-electron chi connectivity index (χ1n) is 11.8. The minimum atomic E-state index is -0.820. The number of anilines is 2. The number of hydrogen-bond donors (Lipinski definition) is 2. The Hall–Kier alpha value is -3.30. The standard InChI is InChI=1S/C26H31Cl2N5O4/c1-16(34)30-22-19(27)13-17(14-20(22)28)15-33(25(36)37-26(2,3)4)24(29)31-23(35)21-11-8-12-32(21)18-9-6-5-7-10-18/h5-7,9-10,13-14,21H,8,11-12,15H2,1-4H3,(H,30,34)(H2,29,31,35)/t21-/m0/s1. The number of benzene rings is 2. The van der Waals surface area contributed by atoms with Crippen LogP contribution in [-0.4, -0.2) is 47.0 Å². The molecule has 9 nitrogen and oxygen atoms in total. The summed E-state index contributed by atoms with van der Waals surface area (Å²) in [5.41, 5.74) is 7.06. The lowest BCUT2D eigenvalue weighted by Crippen LogP contribution is -2.45. The summed E-state index contributed by atoms with van der Waals surface area (Å²) in [5, 5.41) is 2.92. The van der Waals surface area contributed by atoms with Gasteiger partial charge in [-0.05, 0) is 63.4 Å². The van der Waals surface area contributed by atoms with Crippen LogP contribution in [0.4, 0.5) is 16.2 Å². The summed E-state index contributed by atoms with van der Waals surface area (Å²) in [7, 11) is 0. The number of nitrogens with one attached hydrogen (secondary N) is 1. The smallest absolute Gasteiger partial charge is 0.417 e. The number of nitrogens with zero attached hydrogens (tertiary/aromatic N) is 3. The van der Waals surface area contributed by atoms with Crippen molar-refractivity contribution in [2.45, 2.75) is 58.7 Å². The van der Waals surface area contributed by atoms with Crippen molar-refractivity contribution in [2.24, 2.45) is 10.7 Å². The third kappa shape index (κ3) is 7.60. The van der Waals surface area contributed by atoms with E-state index in [1.165, 1.54) is 6.92 Å². The molecule has 1 atom stereocenters. The maximum absolute atomic E-state index is 13.2. The Morgan fingerprint density at radius 3 is 2.35 bits per heavy atom. The molecule has 1 aliphatic rings. The molecule has 1 heterocycles. The summed E-state index contributed by atoms with van der Waals surface area (Å²) in [5.74, 6) is -1.10. The first-order valence-corrected chi connectivity index (χ1v) is 12.6. The van der Waals surface area contributed by atoms with E-state index in [0.717, 1.165) is 17.0 Å². The first kappa shape index (κ1) is 28.3. The molecule has 1 fully saturated rings. The molecule has 1 saturated heterocycles. The maximum atomic E-state index is 13.2. The van der Waals surface area contributed by atoms with E-state index in [9.17, 15) is 14.4 Å². The Bertz CT molecular complexity index is 1170. The van der Waals surface area contributed by atoms with Gasteiger partial charge in [-0.25, -0.2) is 9.69 Å². The van der Waals surface area contributed by atoms with Crippen molar-refractivity contribution in [3.63, 3.8) is 0 Å². The van der Waals surface area contributed by atoms with Gasteiger partial charge >= 0.3 is 6.09 Å². The summed E-state index contributed by atoms with van der Waals surface area (Å²) >= 11 is 12.6. The maximum Gasteiger partial charge on any atom is 0.417 e. The average molecular weight is 548 g/mol. The predicted molar refractivity (Wildman–Crippen MR) is 146 cm³/mol. The minimum absolute atomic E-state index is 0.121. The lowest BCUT2D eigenvalue weighted by Gasteiger charge is -2.28. The van der Waals surface area contributed by atoms with Gasteiger partial charge in [0, 0.05) is 19.2 Å². The number of carbonyl (C=O) groups is 3. The Morgan fingerprint density at radius 2 is 1.78 bits per heavy atom. The second-order valence-corrected chi connectivity index (χ2v) is 10.5. The fourth-order valence-corrected chi connectivity index (χ4v) is 4.58. The second kappa shape index (κ2) is 11.8. The fraction of sp³-hybridized carbons (Fsp3) is 0.385. The number of aliphatic imine (C=N–C) groups is 1. The number of carbonyl (C=O) groups excluding carboxylic acids is 3. The van der Waals surface area contributed by atoms with Gasteiger partial charge in [0.15, 0.2) is 0 Å². The summed E-state index contributed by atoms with van der Waals surface area (Å²) in [6.45, 7) is 7.07. The van der Waals surface area contributed by atoms with E-state index < -0.39 is 23.6 Å². The quantitative estimate of drug-likeness (QED) is 0.392. The van der Waals surface area contributed by atoms with E-state index in [1.807, 2.05) is 35.2 Å². The van der Waals surface area contributed by atoms with E-state index in [-0.39, 0.29) is 34.1 Å². The molecule has 3 amide bonds. The van der Waals surface area contributed by atoms with E-state index >= 15 is 0 Å². The third-order valence-corrected chi connectivity index (χ3v) is 6.08. The highest BCUT2D eigenvalue weighted by Gasteiger charge is 2.32. The van der Waals surface area contributed by atoms with E-state index in [2.05, 4.69) is 10.3 Å². The van der Waals surface area contributed by atoms with Gasteiger partial charge in [0.05, 0.1) is 22.3 Å². The number of guanidine groups is 1. The van der Waals surface area contributed by atoms with E-state index in [0.29, 0.717) is 18.5 Å². The van der Waals surface area contributed by atoms with Crippen LogP contribution in [0.1, 0.15) is 46.1 Å². The zero-order valence-electron chi connectivity index (χ0n) is 21.3. The van der Waals surface area contributed by atoms with Gasteiger partial charge in [-0.2, -0.15) is 4.99 Å². The number of nitrogens with two attached hydrogens (primary N) is 1. The Labute approximate surface area is 226 Å². The van der Waals surface area contributed by atoms with E-state index in [1.54, 1.807) is 32.9 Å².